The van der Waals surface area contributed by atoms with E-state index in [9.17, 15) is 10.2 Å². The Morgan fingerprint density at radius 2 is 1.03 bits per heavy atom. The van der Waals surface area contributed by atoms with Crippen molar-refractivity contribution in [3.05, 3.63) is 144 Å². The summed E-state index contributed by atoms with van der Waals surface area (Å²) in [6.07, 6.45) is 0. The number of rotatable bonds is 7. The van der Waals surface area contributed by atoms with E-state index >= 15 is 0 Å². The van der Waals surface area contributed by atoms with Crippen molar-refractivity contribution in [2.45, 2.75) is 91.9 Å². The van der Waals surface area contributed by atoms with Crippen molar-refractivity contribution >= 4 is 21.9 Å². The van der Waals surface area contributed by atoms with Crippen LogP contribution in [0.15, 0.2) is 126 Å². The number of nitrogens with zero attached hydrogens (tertiary/aromatic N) is 2. The van der Waals surface area contributed by atoms with E-state index in [0.29, 0.717) is 51.3 Å². The fourth-order valence-electron chi connectivity index (χ4n) is 8.10. The Balaban J connectivity index is 0.00000544. The maximum Gasteiger partial charge on any atom is 0.136 e. The number of hydrogen-bond acceptors (Lipinski definition) is 5. The van der Waals surface area contributed by atoms with Gasteiger partial charge in [0.1, 0.15) is 22.7 Å². The normalized spacial score (nSPS) is 12.1. The van der Waals surface area contributed by atoms with Crippen LogP contribution in [-0.2, 0) is 31.9 Å². The number of para-hydroxylation sites is 1. The Morgan fingerprint density at radius 3 is 1.68 bits per heavy atom. The zero-order valence-electron chi connectivity index (χ0n) is 36.2. The molecular weight excluding hydrogens is 920 g/mol. The maximum absolute atomic E-state index is 11.7. The fourth-order valence-corrected chi connectivity index (χ4v) is 8.10. The summed E-state index contributed by atoms with van der Waals surface area (Å²) in [5.41, 5.74) is 14.3. The van der Waals surface area contributed by atoms with Gasteiger partial charge in [-0.15, -0.1) is 0 Å². The third kappa shape index (κ3) is 8.17. The first-order valence-corrected chi connectivity index (χ1v) is 20.7. The molecule has 5 aromatic carbocycles. The molecule has 6 heteroatoms. The first-order chi connectivity index (χ1) is 28.0. The molecular formula is C54H54N2O3Pt. The van der Waals surface area contributed by atoms with Gasteiger partial charge in [0.15, 0.2) is 0 Å². The van der Waals surface area contributed by atoms with Gasteiger partial charge in [0, 0.05) is 43.0 Å². The van der Waals surface area contributed by atoms with Crippen molar-refractivity contribution in [3.63, 3.8) is 0 Å². The van der Waals surface area contributed by atoms with Crippen LogP contribution in [0.1, 0.15) is 103 Å². The summed E-state index contributed by atoms with van der Waals surface area (Å²) in [6.45, 7) is 22.4. The molecule has 3 aromatic heterocycles. The standard InChI is InChI=1S/C54H54N2O3.Pt/c1-31(2)38-16-13-17-39(32(3)4)52(38)33-21-22-48(57)42(25-33)44-18-14-19-45(55-44)47-27-35(34-23-36(53(5,6)7)28-37(24-34)54(8,9)10)26-46(56-47)43-30-51-41(29-49(43)58)40-15-11-12-20-50(40)59-51;/h11-32,57-58H,1-10H3;. The number of pyridine rings is 2. The summed E-state index contributed by atoms with van der Waals surface area (Å²) in [6, 6.07) is 40.8. The van der Waals surface area contributed by atoms with E-state index in [0.717, 1.165) is 33.0 Å². The smallest absolute Gasteiger partial charge is 0.136 e. The Kier molecular flexibility index (Phi) is 11.5. The molecule has 0 amide bonds. The molecule has 0 spiro atoms. The molecule has 0 aliphatic rings. The van der Waals surface area contributed by atoms with Gasteiger partial charge in [-0.05, 0) is 122 Å². The van der Waals surface area contributed by atoms with E-state index in [1.54, 1.807) is 12.1 Å². The molecule has 5 nitrogen and oxygen atoms in total. The van der Waals surface area contributed by atoms with Gasteiger partial charge in [0.2, 0.25) is 0 Å². The van der Waals surface area contributed by atoms with E-state index < -0.39 is 0 Å². The molecule has 2 N–H and O–H groups in total. The van der Waals surface area contributed by atoms with Gasteiger partial charge in [-0.2, -0.15) is 0 Å². The second-order valence-electron chi connectivity index (χ2n) is 18.6. The molecule has 0 radical (unpaired) electrons. The predicted octanol–water partition coefficient (Wildman–Crippen LogP) is 15.0. The zero-order chi connectivity index (χ0) is 42.0. The number of hydrogen-bond donors (Lipinski definition) is 2. The molecule has 0 saturated carbocycles. The van der Waals surface area contributed by atoms with Crippen molar-refractivity contribution in [1.29, 1.82) is 0 Å². The van der Waals surface area contributed by atoms with Gasteiger partial charge in [-0.25, -0.2) is 9.97 Å². The molecule has 0 atom stereocenters. The van der Waals surface area contributed by atoms with Crippen molar-refractivity contribution in [2.75, 3.05) is 0 Å². The fraction of sp³-hybridized carbons (Fsp3) is 0.259. The van der Waals surface area contributed by atoms with Crippen LogP contribution < -0.4 is 0 Å². The number of benzene rings is 5. The summed E-state index contributed by atoms with van der Waals surface area (Å²) in [7, 11) is 0. The van der Waals surface area contributed by atoms with Crippen LogP contribution in [0.3, 0.4) is 0 Å². The maximum atomic E-state index is 11.7. The van der Waals surface area contributed by atoms with Gasteiger partial charge < -0.3 is 14.6 Å². The molecule has 0 bridgehead atoms. The van der Waals surface area contributed by atoms with Crippen molar-refractivity contribution in [3.8, 4) is 67.7 Å². The Morgan fingerprint density at radius 1 is 0.467 bits per heavy atom. The van der Waals surface area contributed by atoms with E-state index in [1.165, 1.54) is 27.8 Å². The largest absolute Gasteiger partial charge is 0.507 e. The number of phenolic OH excluding ortho intramolecular Hbond substituents is 2. The average molecular weight is 974 g/mol. The molecule has 3 heterocycles. The number of furan rings is 1. The number of aromatic hydroxyl groups is 2. The van der Waals surface area contributed by atoms with Gasteiger partial charge in [-0.3, -0.25) is 0 Å². The SMILES string of the molecule is CC(C)c1cccc(C(C)C)c1-c1ccc(O)c(-c2cccc(-c3cc(-c4cc(C(C)(C)C)cc(C(C)(C)C)c4)cc(-c4cc5oc6ccccc6c5cc4O)n3)n2)c1.[Pt]. The summed E-state index contributed by atoms with van der Waals surface area (Å²) >= 11 is 0. The third-order valence-electron chi connectivity index (χ3n) is 11.5. The number of fused-ring (bicyclic) bond motifs is 3. The second kappa shape index (κ2) is 16.2. The summed E-state index contributed by atoms with van der Waals surface area (Å²) in [5, 5.41) is 24.9. The van der Waals surface area contributed by atoms with Crippen LogP contribution in [0.4, 0.5) is 0 Å². The zero-order valence-corrected chi connectivity index (χ0v) is 38.5. The summed E-state index contributed by atoms with van der Waals surface area (Å²) in [4.78, 5) is 10.4. The molecule has 0 saturated heterocycles. The van der Waals surface area contributed by atoms with Crippen LogP contribution in [-0.4, -0.2) is 20.2 Å². The molecule has 8 aromatic rings. The predicted molar refractivity (Wildman–Crippen MR) is 245 cm³/mol. The van der Waals surface area contributed by atoms with Crippen LogP contribution in [0.5, 0.6) is 11.5 Å². The van der Waals surface area contributed by atoms with Crippen molar-refractivity contribution in [1.82, 2.24) is 9.97 Å². The van der Waals surface area contributed by atoms with Crippen LogP contribution >= 0.6 is 0 Å². The van der Waals surface area contributed by atoms with E-state index in [2.05, 4.69) is 124 Å². The molecule has 60 heavy (non-hydrogen) atoms. The topological polar surface area (TPSA) is 79.4 Å². The summed E-state index contributed by atoms with van der Waals surface area (Å²) in [5.74, 6) is 0.923. The monoisotopic (exact) mass is 973 g/mol. The molecule has 0 aliphatic heterocycles. The van der Waals surface area contributed by atoms with Gasteiger partial charge in [-0.1, -0.05) is 136 Å². The summed E-state index contributed by atoms with van der Waals surface area (Å²) < 4.78 is 6.29. The van der Waals surface area contributed by atoms with Crippen molar-refractivity contribution < 1.29 is 35.7 Å². The second-order valence-corrected chi connectivity index (χ2v) is 18.6. The first-order valence-electron chi connectivity index (χ1n) is 20.7. The van der Waals surface area contributed by atoms with Crippen molar-refractivity contribution in [2.24, 2.45) is 0 Å². The quantitative estimate of drug-likeness (QED) is 0.166. The van der Waals surface area contributed by atoms with Crippen LogP contribution in [0.2, 0.25) is 0 Å². The first kappa shape index (κ1) is 42.6. The van der Waals surface area contributed by atoms with E-state index in [1.807, 2.05) is 54.6 Å². The average Bonchev–Trinajstić information content (AvgIpc) is 3.56. The Labute approximate surface area is 368 Å². The number of phenols is 2. The Bertz CT molecular complexity index is 2830. The van der Waals surface area contributed by atoms with Gasteiger partial charge in [0.05, 0.1) is 22.8 Å². The third-order valence-corrected chi connectivity index (χ3v) is 11.5. The Hall–Kier alpha value is -5.51. The minimum absolute atomic E-state index is 0. The molecule has 0 fully saturated rings. The van der Waals surface area contributed by atoms with Crippen LogP contribution in [0.25, 0.3) is 78.1 Å². The van der Waals surface area contributed by atoms with E-state index in [4.69, 9.17) is 14.4 Å². The molecule has 8 rings (SSSR count). The molecule has 0 aliphatic carbocycles. The van der Waals surface area contributed by atoms with Gasteiger partial charge in [0.25, 0.3) is 0 Å². The minimum atomic E-state index is -0.0860. The van der Waals surface area contributed by atoms with Gasteiger partial charge >= 0.3 is 0 Å². The number of aromatic nitrogens is 2. The van der Waals surface area contributed by atoms with E-state index in [-0.39, 0.29) is 43.4 Å². The molecule has 308 valence electrons. The molecule has 0 unspecified atom stereocenters. The minimum Gasteiger partial charge on any atom is -0.507 e. The van der Waals surface area contributed by atoms with Crippen LogP contribution in [0, 0.1) is 0 Å².